The van der Waals surface area contributed by atoms with Crippen molar-refractivity contribution in [3.05, 3.63) is 11.9 Å². The monoisotopic (exact) mass is 267 g/mol. The number of hydrogen-bond acceptors (Lipinski definition) is 5. The van der Waals surface area contributed by atoms with Gasteiger partial charge in [-0.2, -0.15) is 0 Å². The van der Waals surface area contributed by atoms with E-state index in [9.17, 15) is 4.79 Å². The van der Waals surface area contributed by atoms with Crippen molar-refractivity contribution in [3.8, 4) is 0 Å². The molecule has 0 aromatic carbocycles. The standard InChI is InChI=1S/C12H21N5O2/c1-9-6-16(7-10(2)15(9)3)4-5-17-8-11(12(18)19)13-14-17/h8-10H,4-7H2,1-3H3,(H,18,19). The molecule has 0 spiro atoms. The zero-order valence-corrected chi connectivity index (χ0v) is 11.7. The van der Waals surface area contributed by atoms with Crippen LogP contribution < -0.4 is 0 Å². The molecule has 2 unspecified atom stereocenters. The molecule has 0 radical (unpaired) electrons. The van der Waals surface area contributed by atoms with E-state index in [1.54, 1.807) is 4.68 Å². The highest BCUT2D eigenvalue weighted by Crippen LogP contribution is 2.12. The van der Waals surface area contributed by atoms with Gasteiger partial charge in [0, 0.05) is 31.7 Å². The fourth-order valence-corrected chi connectivity index (χ4v) is 2.45. The minimum absolute atomic E-state index is 0.000105. The third-order valence-electron chi connectivity index (χ3n) is 3.84. The van der Waals surface area contributed by atoms with Gasteiger partial charge in [-0.15, -0.1) is 5.10 Å². The molecule has 1 aliphatic rings. The normalized spacial score (nSPS) is 25.6. The fourth-order valence-electron chi connectivity index (χ4n) is 2.45. The average molecular weight is 267 g/mol. The molecule has 0 amide bonds. The molecule has 2 rings (SSSR count). The van der Waals surface area contributed by atoms with Gasteiger partial charge < -0.3 is 5.11 Å². The van der Waals surface area contributed by atoms with Crippen LogP contribution in [0.4, 0.5) is 0 Å². The van der Waals surface area contributed by atoms with Crippen molar-refractivity contribution in [3.63, 3.8) is 0 Å². The summed E-state index contributed by atoms with van der Waals surface area (Å²) in [5.41, 5.74) is 0.000105. The SMILES string of the molecule is CC1CN(CCn2cc(C(=O)O)nn2)CC(C)N1C. The van der Waals surface area contributed by atoms with E-state index in [-0.39, 0.29) is 5.69 Å². The number of carboxylic acids is 1. The summed E-state index contributed by atoms with van der Waals surface area (Å²) < 4.78 is 1.59. The minimum Gasteiger partial charge on any atom is -0.476 e. The Morgan fingerprint density at radius 2 is 2.00 bits per heavy atom. The highest BCUT2D eigenvalue weighted by Gasteiger charge is 2.26. The van der Waals surface area contributed by atoms with Crippen molar-refractivity contribution in [1.82, 2.24) is 24.8 Å². The van der Waals surface area contributed by atoms with Crippen LogP contribution >= 0.6 is 0 Å². The molecule has 1 fully saturated rings. The van der Waals surface area contributed by atoms with Gasteiger partial charge in [0.25, 0.3) is 0 Å². The maximum atomic E-state index is 10.7. The lowest BCUT2D eigenvalue weighted by atomic mass is 10.1. The number of carbonyl (C=O) groups is 1. The second-order valence-electron chi connectivity index (χ2n) is 5.30. The first-order chi connectivity index (χ1) is 8.97. The van der Waals surface area contributed by atoms with Gasteiger partial charge >= 0.3 is 5.97 Å². The summed E-state index contributed by atoms with van der Waals surface area (Å²) in [6.07, 6.45) is 1.48. The lowest BCUT2D eigenvalue weighted by Crippen LogP contribution is -2.55. The van der Waals surface area contributed by atoms with Crippen molar-refractivity contribution < 1.29 is 9.90 Å². The number of likely N-dealkylation sites (N-methyl/N-ethyl adjacent to an activating group) is 1. The maximum Gasteiger partial charge on any atom is 0.358 e. The first-order valence-corrected chi connectivity index (χ1v) is 6.55. The average Bonchev–Trinajstić information content (AvgIpc) is 2.82. The van der Waals surface area contributed by atoms with Crippen LogP contribution in [0.5, 0.6) is 0 Å². The Morgan fingerprint density at radius 3 is 2.53 bits per heavy atom. The van der Waals surface area contributed by atoms with Gasteiger partial charge in [-0.05, 0) is 20.9 Å². The topological polar surface area (TPSA) is 74.5 Å². The molecule has 0 bridgehead atoms. The van der Waals surface area contributed by atoms with Gasteiger partial charge in [0.05, 0.1) is 12.7 Å². The lowest BCUT2D eigenvalue weighted by Gasteiger charge is -2.42. The number of carboxylic acid groups (broad SMARTS) is 1. The summed E-state index contributed by atoms with van der Waals surface area (Å²) in [4.78, 5) is 15.5. The van der Waals surface area contributed by atoms with Crippen LogP contribution in [0.1, 0.15) is 24.3 Å². The van der Waals surface area contributed by atoms with E-state index in [0.717, 1.165) is 19.6 Å². The number of nitrogens with zero attached hydrogens (tertiary/aromatic N) is 5. The fraction of sp³-hybridized carbons (Fsp3) is 0.750. The van der Waals surface area contributed by atoms with E-state index in [4.69, 9.17) is 5.11 Å². The Labute approximate surface area is 112 Å². The smallest absolute Gasteiger partial charge is 0.358 e. The molecule has 1 aliphatic heterocycles. The number of hydrogen-bond donors (Lipinski definition) is 1. The van der Waals surface area contributed by atoms with E-state index < -0.39 is 5.97 Å². The Hall–Kier alpha value is -1.47. The van der Waals surface area contributed by atoms with Crippen LogP contribution in [-0.4, -0.2) is 74.6 Å². The number of aromatic nitrogens is 3. The molecule has 2 atom stereocenters. The van der Waals surface area contributed by atoms with Crippen LogP contribution in [0.2, 0.25) is 0 Å². The molecule has 19 heavy (non-hydrogen) atoms. The zero-order chi connectivity index (χ0) is 14.0. The maximum absolute atomic E-state index is 10.7. The van der Waals surface area contributed by atoms with Crippen LogP contribution in [0.15, 0.2) is 6.20 Å². The van der Waals surface area contributed by atoms with Crippen molar-refractivity contribution in [1.29, 1.82) is 0 Å². The highest BCUT2D eigenvalue weighted by atomic mass is 16.4. The predicted octanol–water partition coefficient (Wildman–Crippen LogP) is 0.000700. The van der Waals surface area contributed by atoms with Crippen molar-refractivity contribution in [2.75, 3.05) is 26.7 Å². The summed E-state index contributed by atoms with van der Waals surface area (Å²) in [6, 6.07) is 1.07. The van der Waals surface area contributed by atoms with Gasteiger partial charge in [0.1, 0.15) is 0 Å². The molecule has 7 nitrogen and oxygen atoms in total. The Balaban J connectivity index is 1.86. The number of aromatic carboxylic acids is 1. The molecule has 7 heteroatoms. The Kier molecular flexibility index (Phi) is 4.16. The van der Waals surface area contributed by atoms with Gasteiger partial charge in [-0.3, -0.25) is 14.5 Å². The first-order valence-electron chi connectivity index (χ1n) is 6.55. The van der Waals surface area contributed by atoms with Crippen molar-refractivity contribution in [2.45, 2.75) is 32.5 Å². The molecule has 1 N–H and O–H groups in total. The number of rotatable bonds is 4. The van der Waals surface area contributed by atoms with Crippen LogP contribution in [-0.2, 0) is 6.54 Å². The van der Waals surface area contributed by atoms with Gasteiger partial charge in [-0.25, -0.2) is 4.79 Å². The molecule has 0 saturated carbocycles. The Bertz CT molecular complexity index is 435. The van der Waals surface area contributed by atoms with Crippen LogP contribution in [0.3, 0.4) is 0 Å². The molecule has 1 aromatic heterocycles. The highest BCUT2D eigenvalue weighted by molar-refractivity contribution is 5.84. The van der Waals surface area contributed by atoms with Crippen LogP contribution in [0, 0.1) is 0 Å². The third-order valence-corrected chi connectivity index (χ3v) is 3.84. The predicted molar refractivity (Wildman–Crippen MR) is 70.1 cm³/mol. The minimum atomic E-state index is -1.03. The van der Waals surface area contributed by atoms with E-state index in [1.807, 2.05) is 0 Å². The van der Waals surface area contributed by atoms with Gasteiger partial charge in [0.15, 0.2) is 5.69 Å². The first kappa shape index (κ1) is 14.0. The zero-order valence-electron chi connectivity index (χ0n) is 11.7. The second kappa shape index (κ2) is 5.66. The largest absolute Gasteiger partial charge is 0.476 e. The van der Waals surface area contributed by atoms with E-state index in [0.29, 0.717) is 18.6 Å². The van der Waals surface area contributed by atoms with E-state index >= 15 is 0 Å². The Morgan fingerprint density at radius 1 is 1.37 bits per heavy atom. The summed E-state index contributed by atoms with van der Waals surface area (Å²) >= 11 is 0. The molecule has 1 aromatic rings. The molecular weight excluding hydrogens is 246 g/mol. The van der Waals surface area contributed by atoms with Crippen molar-refractivity contribution >= 4 is 5.97 Å². The molecule has 106 valence electrons. The summed E-state index contributed by atoms with van der Waals surface area (Å²) in [5, 5.41) is 16.2. The summed E-state index contributed by atoms with van der Waals surface area (Å²) in [5.74, 6) is -1.03. The van der Waals surface area contributed by atoms with E-state index in [2.05, 4.69) is 41.0 Å². The molecule has 2 heterocycles. The second-order valence-corrected chi connectivity index (χ2v) is 5.30. The molecular formula is C12H21N5O2. The quantitative estimate of drug-likeness (QED) is 0.828. The summed E-state index contributed by atoms with van der Waals surface area (Å²) in [6.45, 7) is 8.04. The van der Waals surface area contributed by atoms with Gasteiger partial charge in [0.2, 0.25) is 0 Å². The molecule has 1 saturated heterocycles. The molecule has 0 aliphatic carbocycles. The van der Waals surface area contributed by atoms with Gasteiger partial charge in [-0.1, -0.05) is 5.21 Å². The lowest BCUT2D eigenvalue weighted by molar-refractivity contribution is 0.0574. The number of piperazine rings is 1. The van der Waals surface area contributed by atoms with Crippen molar-refractivity contribution in [2.24, 2.45) is 0 Å². The van der Waals surface area contributed by atoms with E-state index in [1.165, 1.54) is 6.20 Å². The third kappa shape index (κ3) is 3.30. The van der Waals surface area contributed by atoms with Crippen LogP contribution in [0.25, 0.3) is 0 Å². The summed E-state index contributed by atoms with van der Waals surface area (Å²) in [7, 11) is 2.16.